The average molecular weight is 196 g/mol. The van der Waals surface area contributed by atoms with Crippen molar-refractivity contribution < 1.29 is 4.79 Å². The summed E-state index contributed by atoms with van der Waals surface area (Å²) >= 11 is 0. The van der Waals surface area contributed by atoms with Crippen LogP contribution in [0.25, 0.3) is 0 Å². The van der Waals surface area contributed by atoms with Gasteiger partial charge >= 0.3 is 0 Å². The van der Waals surface area contributed by atoms with Gasteiger partial charge in [0.15, 0.2) is 0 Å². The van der Waals surface area contributed by atoms with Crippen LogP contribution in [0.15, 0.2) is 0 Å². The van der Waals surface area contributed by atoms with E-state index in [9.17, 15) is 4.79 Å². The SMILES string of the molecule is NC(=O)C1CNCC12CCCCCC2. The van der Waals surface area contributed by atoms with Crippen LogP contribution in [0.3, 0.4) is 0 Å². The van der Waals surface area contributed by atoms with E-state index >= 15 is 0 Å². The number of carbonyl (C=O) groups excluding carboxylic acids is 1. The lowest BCUT2D eigenvalue weighted by molar-refractivity contribution is -0.124. The summed E-state index contributed by atoms with van der Waals surface area (Å²) in [5, 5.41) is 3.34. The third-order valence-electron chi connectivity index (χ3n) is 4.01. The van der Waals surface area contributed by atoms with E-state index in [0.717, 1.165) is 13.1 Å². The summed E-state index contributed by atoms with van der Waals surface area (Å²) in [5.41, 5.74) is 5.69. The van der Waals surface area contributed by atoms with E-state index in [2.05, 4.69) is 5.32 Å². The molecule has 0 aromatic carbocycles. The Morgan fingerprint density at radius 1 is 1.21 bits per heavy atom. The lowest BCUT2D eigenvalue weighted by Crippen LogP contribution is -2.38. The second kappa shape index (κ2) is 3.89. The number of rotatable bonds is 1. The first-order valence-corrected chi connectivity index (χ1v) is 5.75. The zero-order valence-electron chi connectivity index (χ0n) is 8.72. The molecule has 2 rings (SSSR count). The molecular weight excluding hydrogens is 176 g/mol. The van der Waals surface area contributed by atoms with E-state index in [4.69, 9.17) is 5.73 Å². The Bertz CT molecular complexity index is 219. The Morgan fingerprint density at radius 3 is 2.43 bits per heavy atom. The van der Waals surface area contributed by atoms with Crippen molar-refractivity contribution in [2.24, 2.45) is 17.1 Å². The van der Waals surface area contributed by atoms with E-state index in [-0.39, 0.29) is 17.2 Å². The molecule has 1 saturated carbocycles. The molecule has 1 aliphatic carbocycles. The number of nitrogens with two attached hydrogens (primary N) is 1. The maximum atomic E-state index is 11.4. The Hall–Kier alpha value is -0.570. The molecule has 14 heavy (non-hydrogen) atoms. The number of amides is 1. The molecule has 0 aromatic rings. The summed E-state index contributed by atoms with van der Waals surface area (Å²) in [6, 6.07) is 0. The topological polar surface area (TPSA) is 55.1 Å². The van der Waals surface area contributed by atoms with Gasteiger partial charge in [0.25, 0.3) is 0 Å². The van der Waals surface area contributed by atoms with E-state index in [1.807, 2.05) is 0 Å². The summed E-state index contributed by atoms with van der Waals surface area (Å²) < 4.78 is 0. The standard InChI is InChI=1S/C11H20N2O/c12-10(14)9-7-13-8-11(9)5-3-1-2-4-6-11/h9,13H,1-8H2,(H2,12,14). The van der Waals surface area contributed by atoms with Crippen molar-refractivity contribution in [2.75, 3.05) is 13.1 Å². The van der Waals surface area contributed by atoms with Crippen LogP contribution >= 0.6 is 0 Å². The molecule has 2 aliphatic rings. The quantitative estimate of drug-likeness (QED) is 0.658. The molecule has 1 unspecified atom stereocenters. The van der Waals surface area contributed by atoms with Gasteiger partial charge < -0.3 is 11.1 Å². The number of nitrogens with one attached hydrogen (secondary N) is 1. The molecule has 3 heteroatoms. The van der Waals surface area contributed by atoms with Crippen LogP contribution in [0, 0.1) is 11.3 Å². The van der Waals surface area contributed by atoms with Crippen LogP contribution in [0.5, 0.6) is 0 Å². The Kier molecular flexibility index (Phi) is 2.77. The largest absolute Gasteiger partial charge is 0.369 e. The monoisotopic (exact) mass is 196 g/mol. The molecule has 80 valence electrons. The molecule has 3 N–H and O–H groups in total. The van der Waals surface area contributed by atoms with Crippen molar-refractivity contribution in [2.45, 2.75) is 38.5 Å². The second-order valence-electron chi connectivity index (χ2n) is 4.86. The lowest BCUT2D eigenvalue weighted by atomic mass is 9.72. The van der Waals surface area contributed by atoms with Gasteiger partial charge in [-0.1, -0.05) is 25.7 Å². The summed E-state index contributed by atoms with van der Waals surface area (Å²) in [4.78, 5) is 11.4. The highest BCUT2D eigenvalue weighted by Crippen LogP contribution is 2.43. The van der Waals surface area contributed by atoms with Gasteiger partial charge in [-0.2, -0.15) is 0 Å². The smallest absolute Gasteiger partial charge is 0.222 e. The summed E-state index contributed by atoms with van der Waals surface area (Å²) in [6.07, 6.45) is 7.57. The maximum absolute atomic E-state index is 11.4. The normalized spacial score (nSPS) is 31.6. The van der Waals surface area contributed by atoms with Crippen LogP contribution < -0.4 is 11.1 Å². The molecule has 1 heterocycles. The van der Waals surface area contributed by atoms with Crippen LogP contribution in [-0.4, -0.2) is 19.0 Å². The first-order chi connectivity index (χ1) is 6.75. The van der Waals surface area contributed by atoms with Gasteiger partial charge in [0.05, 0.1) is 5.92 Å². The van der Waals surface area contributed by atoms with Crippen molar-refractivity contribution in [1.82, 2.24) is 5.32 Å². The molecule has 2 fully saturated rings. The van der Waals surface area contributed by atoms with Crippen LogP contribution in [-0.2, 0) is 4.79 Å². The molecule has 1 saturated heterocycles. The fourth-order valence-electron chi connectivity index (χ4n) is 3.17. The highest BCUT2D eigenvalue weighted by molar-refractivity contribution is 5.78. The van der Waals surface area contributed by atoms with Gasteiger partial charge in [-0.3, -0.25) is 4.79 Å². The highest BCUT2D eigenvalue weighted by Gasteiger charge is 2.45. The predicted molar refractivity (Wildman–Crippen MR) is 55.7 cm³/mol. The summed E-state index contributed by atoms with van der Waals surface area (Å²) in [7, 11) is 0. The minimum atomic E-state index is -0.100. The average Bonchev–Trinajstić information content (AvgIpc) is 2.39. The fourth-order valence-corrected chi connectivity index (χ4v) is 3.17. The molecule has 1 atom stereocenters. The molecule has 0 radical (unpaired) electrons. The molecule has 1 amide bonds. The van der Waals surface area contributed by atoms with Crippen LogP contribution in [0.1, 0.15) is 38.5 Å². The minimum Gasteiger partial charge on any atom is -0.369 e. The zero-order chi connectivity index (χ0) is 10.0. The van der Waals surface area contributed by atoms with Gasteiger partial charge in [-0.05, 0) is 18.3 Å². The minimum absolute atomic E-state index is 0.0839. The van der Waals surface area contributed by atoms with Gasteiger partial charge in [-0.15, -0.1) is 0 Å². The van der Waals surface area contributed by atoms with E-state index in [1.54, 1.807) is 0 Å². The van der Waals surface area contributed by atoms with Crippen molar-refractivity contribution in [3.63, 3.8) is 0 Å². The number of hydrogen-bond acceptors (Lipinski definition) is 2. The summed E-state index contributed by atoms with van der Waals surface area (Å²) in [6.45, 7) is 1.80. The first kappa shape index (κ1) is 9.97. The predicted octanol–water partition coefficient (Wildman–Crippen LogP) is 1.03. The zero-order valence-corrected chi connectivity index (χ0v) is 8.72. The van der Waals surface area contributed by atoms with Gasteiger partial charge in [-0.25, -0.2) is 0 Å². The second-order valence-corrected chi connectivity index (χ2v) is 4.86. The Morgan fingerprint density at radius 2 is 1.86 bits per heavy atom. The lowest BCUT2D eigenvalue weighted by Gasteiger charge is -2.31. The number of hydrogen-bond donors (Lipinski definition) is 2. The van der Waals surface area contributed by atoms with Crippen molar-refractivity contribution in [1.29, 1.82) is 0 Å². The molecule has 3 nitrogen and oxygen atoms in total. The van der Waals surface area contributed by atoms with Crippen molar-refractivity contribution in [3.05, 3.63) is 0 Å². The highest BCUT2D eigenvalue weighted by atomic mass is 16.1. The third kappa shape index (κ3) is 1.65. The van der Waals surface area contributed by atoms with E-state index in [0.29, 0.717) is 0 Å². The van der Waals surface area contributed by atoms with E-state index in [1.165, 1.54) is 38.5 Å². The Balaban J connectivity index is 2.14. The fraction of sp³-hybridized carbons (Fsp3) is 0.909. The van der Waals surface area contributed by atoms with Gasteiger partial charge in [0.2, 0.25) is 5.91 Å². The third-order valence-corrected chi connectivity index (χ3v) is 4.01. The summed E-state index contributed by atoms with van der Waals surface area (Å²) in [5.74, 6) is -0.0162. The Labute approximate surface area is 85.4 Å². The first-order valence-electron chi connectivity index (χ1n) is 5.75. The molecule has 1 spiro atoms. The molecule has 0 bridgehead atoms. The van der Waals surface area contributed by atoms with E-state index < -0.39 is 0 Å². The van der Waals surface area contributed by atoms with Gasteiger partial charge in [0.1, 0.15) is 0 Å². The van der Waals surface area contributed by atoms with Crippen molar-refractivity contribution >= 4 is 5.91 Å². The number of carbonyl (C=O) groups is 1. The van der Waals surface area contributed by atoms with Crippen LogP contribution in [0.2, 0.25) is 0 Å². The van der Waals surface area contributed by atoms with Crippen molar-refractivity contribution in [3.8, 4) is 0 Å². The maximum Gasteiger partial charge on any atom is 0.222 e. The van der Waals surface area contributed by atoms with Crippen LogP contribution in [0.4, 0.5) is 0 Å². The van der Waals surface area contributed by atoms with Gasteiger partial charge in [0, 0.05) is 13.1 Å². The molecular formula is C11H20N2O. The molecule has 1 aliphatic heterocycles. The number of primary amides is 1. The molecule has 0 aromatic heterocycles.